The van der Waals surface area contributed by atoms with Gasteiger partial charge in [0.05, 0.1) is 5.52 Å². The van der Waals surface area contributed by atoms with Gasteiger partial charge in [-0.3, -0.25) is 4.57 Å². The summed E-state index contributed by atoms with van der Waals surface area (Å²) >= 11 is 0. The van der Waals surface area contributed by atoms with Gasteiger partial charge in [0.25, 0.3) is 0 Å². The van der Waals surface area contributed by atoms with Crippen molar-refractivity contribution in [2.75, 3.05) is 6.54 Å². The molecule has 18 heavy (non-hydrogen) atoms. The van der Waals surface area contributed by atoms with Crippen LogP contribution in [0.2, 0.25) is 0 Å². The van der Waals surface area contributed by atoms with Crippen molar-refractivity contribution in [3.63, 3.8) is 0 Å². The van der Waals surface area contributed by atoms with Crippen molar-refractivity contribution >= 4 is 11.1 Å². The minimum absolute atomic E-state index is 0.0987. The van der Waals surface area contributed by atoms with Crippen LogP contribution in [0.5, 0.6) is 0 Å². The van der Waals surface area contributed by atoms with E-state index >= 15 is 0 Å². The van der Waals surface area contributed by atoms with E-state index in [9.17, 15) is 4.79 Å². The summed E-state index contributed by atoms with van der Waals surface area (Å²) in [4.78, 5) is 11.5. The Hall–Kier alpha value is -1.55. The topological polar surface area (TPSA) is 61.2 Å². The molecule has 0 spiro atoms. The van der Waals surface area contributed by atoms with Crippen LogP contribution in [0.3, 0.4) is 0 Å². The van der Waals surface area contributed by atoms with Gasteiger partial charge in [-0.2, -0.15) is 0 Å². The second-order valence-corrected chi connectivity index (χ2v) is 5.30. The molecule has 1 aromatic carbocycles. The Morgan fingerprint density at radius 2 is 2.11 bits per heavy atom. The normalized spacial score (nSPS) is 18.6. The Morgan fingerprint density at radius 3 is 2.78 bits per heavy atom. The molecule has 2 N–H and O–H groups in total. The van der Waals surface area contributed by atoms with Crippen LogP contribution < -0.4 is 11.5 Å². The Kier molecular flexibility index (Phi) is 2.55. The molecule has 1 fully saturated rings. The summed E-state index contributed by atoms with van der Waals surface area (Å²) in [7, 11) is 1.74. The molecule has 1 aliphatic carbocycles. The Morgan fingerprint density at radius 1 is 1.39 bits per heavy atom. The van der Waals surface area contributed by atoms with E-state index in [4.69, 9.17) is 10.2 Å². The molecule has 1 aliphatic rings. The van der Waals surface area contributed by atoms with Gasteiger partial charge in [0.2, 0.25) is 0 Å². The minimum atomic E-state index is -0.310. The first-order valence-corrected chi connectivity index (χ1v) is 6.46. The lowest BCUT2D eigenvalue weighted by molar-refractivity contribution is 0.453. The summed E-state index contributed by atoms with van der Waals surface area (Å²) in [6, 6.07) is 6.02. The summed E-state index contributed by atoms with van der Waals surface area (Å²) in [5, 5.41) is 0. The molecule has 2 aromatic rings. The molecule has 4 nitrogen and oxygen atoms in total. The second-order valence-electron chi connectivity index (χ2n) is 5.30. The first-order valence-electron chi connectivity index (χ1n) is 6.46. The third-order valence-corrected chi connectivity index (χ3v) is 4.36. The van der Waals surface area contributed by atoms with Crippen LogP contribution in [0.15, 0.2) is 27.4 Å². The van der Waals surface area contributed by atoms with E-state index in [2.05, 4.69) is 12.1 Å². The zero-order valence-electron chi connectivity index (χ0n) is 10.6. The Bertz CT molecular complexity index is 633. The quantitative estimate of drug-likeness (QED) is 0.880. The molecule has 0 amide bonds. The highest BCUT2D eigenvalue weighted by molar-refractivity contribution is 5.74. The van der Waals surface area contributed by atoms with E-state index in [0.717, 1.165) is 18.4 Å². The molecule has 1 aromatic heterocycles. The standard InChI is InChI=1S/C14H18N2O2/c1-16-11-8-10(4-5-12(11)18-13(16)17)14(9-15)6-2-3-7-14/h4-5,8H,2-3,6-7,9,15H2,1H3. The highest BCUT2D eigenvalue weighted by atomic mass is 16.4. The van der Waals surface area contributed by atoms with E-state index in [0.29, 0.717) is 12.1 Å². The van der Waals surface area contributed by atoms with Crippen LogP contribution in [0, 0.1) is 0 Å². The number of aryl methyl sites for hydroxylation is 1. The number of fused-ring (bicyclic) bond motifs is 1. The molecule has 3 rings (SSSR count). The maximum Gasteiger partial charge on any atom is 0.419 e. The van der Waals surface area contributed by atoms with Crippen molar-refractivity contribution in [2.24, 2.45) is 12.8 Å². The molecule has 1 saturated carbocycles. The number of nitrogens with zero attached hydrogens (tertiary/aromatic N) is 1. The van der Waals surface area contributed by atoms with Crippen LogP contribution in [0.25, 0.3) is 11.1 Å². The molecule has 0 bridgehead atoms. The zero-order chi connectivity index (χ0) is 12.8. The summed E-state index contributed by atoms with van der Waals surface area (Å²) in [6.07, 6.45) is 4.75. The molecule has 4 heteroatoms. The van der Waals surface area contributed by atoms with Gasteiger partial charge in [-0.25, -0.2) is 4.79 Å². The zero-order valence-corrected chi connectivity index (χ0v) is 10.6. The van der Waals surface area contributed by atoms with E-state index < -0.39 is 0 Å². The molecular weight excluding hydrogens is 228 g/mol. The predicted octanol–water partition coefficient (Wildman–Crippen LogP) is 1.90. The Balaban J connectivity index is 2.18. The SMILES string of the molecule is Cn1c(=O)oc2ccc(C3(CN)CCCC3)cc21. The number of aromatic nitrogens is 1. The molecule has 0 radical (unpaired) electrons. The fraction of sp³-hybridized carbons (Fsp3) is 0.500. The average molecular weight is 246 g/mol. The third-order valence-electron chi connectivity index (χ3n) is 4.36. The summed E-state index contributed by atoms with van der Waals surface area (Å²) < 4.78 is 6.71. The van der Waals surface area contributed by atoms with Gasteiger partial charge < -0.3 is 10.2 Å². The number of benzene rings is 1. The van der Waals surface area contributed by atoms with Crippen molar-refractivity contribution in [3.8, 4) is 0 Å². The average Bonchev–Trinajstić information content (AvgIpc) is 2.97. The summed E-state index contributed by atoms with van der Waals surface area (Å²) in [6.45, 7) is 0.671. The molecule has 0 unspecified atom stereocenters. The number of nitrogens with two attached hydrogens (primary N) is 1. The highest BCUT2D eigenvalue weighted by Gasteiger charge is 2.34. The van der Waals surface area contributed by atoms with Crippen LogP contribution in [-0.2, 0) is 12.5 Å². The fourth-order valence-electron chi connectivity index (χ4n) is 3.12. The first kappa shape index (κ1) is 11.5. The lowest BCUT2D eigenvalue weighted by Crippen LogP contribution is -2.31. The van der Waals surface area contributed by atoms with E-state index in [1.54, 1.807) is 11.6 Å². The number of hydrogen-bond acceptors (Lipinski definition) is 3. The third kappa shape index (κ3) is 1.52. The van der Waals surface area contributed by atoms with Gasteiger partial charge in [-0.15, -0.1) is 0 Å². The van der Waals surface area contributed by atoms with E-state index in [-0.39, 0.29) is 11.2 Å². The van der Waals surface area contributed by atoms with Crippen molar-refractivity contribution in [1.82, 2.24) is 4.57 Å². The van der Waals surface area contributed by atoms with Gasteiger partial charge in [0, 0.05) is 19.0 Å². The van der Waals surface area contributed by atoms with Gasteiger partial charge in [0.15, 0.2) is 5.58 Å². The van der Waals surface area contributed by atoms with E-state index in [1.165, 1.54) is 18.4 Å². The first-order chi connectivity index (χ1) is 8.66. The van der Waals surface area contributed by atoms with Crippen molar-refractivity contribution in [2.45, 2.75) is 31.1 Å². The molecule has 0 saturated heterocycles. The lowest BCUT2D eigenvalue weighted by atomic mass is 9.79. The van der Waals surface area contributed by atoms with Crippen molar-refractivity contribution in [1.29, 1.82) is 0 Å². The van der Waals surface area contributed by atoms with Gasteiger partial charge in [-0.05, 0) is 30.5 Å². The monoisotopic (exact) mass is 246 g/mol. The number of rotatable bonds is 2. The highest BCUT2D eigenvalue weighted by Crippen LogP contribution is 2.40. The van der Waals surface area contributed by atoms with Crippen LogP contribution >= 0.6 is 0 Å². The maximum absolute atomic E-state index is 11.5. The number of oxazole rings is 1. The molecular formula is C14H18N2O2. The molecule has 1 heterocycles. The van der Waals surface area contributed by atoms with Crippen LogP contribution in [-0.4, -0.2) is 11.1 Å². The summed E-state index contributed by atoms with van der Waals surface area (Å²) in [5.74, 6) is -0.310. The minimum Gasteiger partial charge on any atom is -0.408 e. The van der Waals surface area contributed by atoms with Gasteiger partial charge >= 0.3 is 5.76 Å². The number of hydrogen-bond donors (Lipinski definition) is 1. The van der Waals surface area contributed by atoms with Gasteiger partial charge in [0.1, 0.15) is 0 Å². The second kappa shape index (κ2) is 3.99. The van der Waals surface area contributed by atoms with Crippen molar-refractivity contribution < 1.29 is 4.42 Å². The van der Waals surface area contributed by atoms with Gasteiger partial charge in [-0.1, -0.05) is 18.9 Å². The molecule has 96 valence electrons. The van der Waals surface area contributed by atoms with Crippen LogP contribution in [0.1, 0.15) is 31.2 Å². The molecule has 0 atom stereocenters. The fourth-order valence-corrected chi connectivity index (χ4v) is 3.12. The lowest BCUT2D eigenvalue weighted by Gasteiger charge is -2.27. The predicted molar refractivity (Wildman–Crippen MR) is 70.7 cm³/mol. The largest absolute Gasteiger partial charge is 0.419 e. The maximum atomic E-state index is 11.5. The smallest absolute Gasteiger partial charge is 0.408 e. The van der Waals surface area contributed by atoms with E-state index in [1.807, 2.05) is 6.07 Å². The Labute approximate surface area is 105 Å². The molecule has 0 aliphatic heterocycles. The summed E-state index contributed by atoms with van der Waals surface area (Å²) in [5.41, 5.74) is 8.84. The van der Waals surface area contributed by atoms with Crippen LogP contribution in [0.4, 0.5) is 0 Å². The van der Waals surface area contributed by atoms with Crippen molar-refractivity contribution in [3.05, 3.63) is 34.3 Å².